The highest BCUT2D eigenvalue weighted by Gasteiger charge is 2.60. The molecule has 352 valence electrons. The van der Waals surface area contributed by atoms with Crippen LogP contribution < -0.4 is 5.32 Å². The number of aliphatic hydroxyl groups is 1. The van der Waals surface area contributed by atoms with Crippen LogP contribution in [-0.4, -0.2) is 141 Å². The summed E-state index contributed by atoms with van der Waals surface area (Å²) in [6.45, 7) is 16.2. The Morgan fingerprint density at radius 1 is 0.921 bits per heavy atom. The molecule has 2 bridgehead atoms. The molecular formula is C48H72N2O13. The van der Waals surface area contributed by atoms with E-state index in [1.807, 2.05) is 46.0 Å². The summed E-state index contributed by atoms with van der Waals surface area (Å²) in [5.74, 6) is -2.66. The van der Waals surface area contributed by atoms with Crippen LogP contribution in [0, 0.1) is 23.7 Å². The Bertz CT molecular complexity index is 1810. The summed E-state index contributed by atoms with van der Waals surface area (Å²) >= 11 is 0. The number of hydrogen-bond acceptors (Lipinski definition) is 15. The highest BCUT2D eigenvalue weighted by atomic mass is 16.7. The van der Waals surface area contributed by atoms with Gasteiger partial charge in [0.15, 0.2) is 18.4 Å². The maximum Gasteiger partial charge on any atom is 0.316 e. The number of carbonyl (C=O) groups excluding carboxylic acids is 1. The topological polar surface area (TPSA) is 174 Å². The predicted molar refractivity (Wildman–Crippen MR) is 233 cm³/mol. The zero-order valence-corrected chi connectivity index (χ0v) is 38.9. The standard InChI is InChI=1S/C48H72N2O13/c1-25(2)42-28(5)17-18-47(63-42)23-34-20-33(62-47)16-15-27(4)43(26(3)13-12-14-32-24-56-45-40(50-53)29(6)19-35(46(51)59-34)48(32,45)52)60-39-22-37(55-11)44(31(8)58-39)61-38-21-36(54-10)41(49-9)30(7)57-38/h12-15,17-19,25-26,28,30-31,33-39,41-45,49,52-53H,16,20-24H2,1-11H3/b13-12+,27-15+,32-14+,50-40+. The average molecular weight is 885 g/mol. The molecule has 1 spiro atoms. The van der Waals surface area contributed by atoms with Crippen LogP contribution in [0.5, 0.6) is 0 Å². The molecule has 1 aliphatic carbocycles. The normalized spacial score (nSPS) is 47.6. The first-order valence-corrected chi connectivity index (χ1v) is 22.9. The van der Waals surface area contributed by atoms with Crippen LogP contribution in [0.25, 0.3) is 0 Å². The zero-order chi connectivity index (χ0) is 45.4. The average Bonchev–Trinajstić information content (AvgIpc) is 3.58. The molecule has 0 amide bonds. The second-order valence-electron chi connectivity index (χ2n) is 19.1. The number of carbonyl (C=O) groups is 1. The summed E-state index contributed by atoms with van der Waals surface area (Å²) < 4.78 is 64.4. The number of hydrogen-bond donors (Lipinski definition) is 3. The van der Waals surface area contributed by atoms with Gasteiger partial charge in [0, 0.05) is 51.7 Å². The Labute approximate surface area is 373 Å². The molecule has 0 radical (unpaired) electrons. The van der Waals surface area contributed by atoms with E-state index < -0.39 is 66.4 Å². The fraction of sp³-hybridized carbons (Fsp3) is 0.750. The lowest BCUT2D eigenvalue weighted by Crippen LogP contribution is -2.57. The predicted octanol–water partition coefficient (Wildman–Crippen LogP) is 5.68. The van der Waals surface area contributed by atoms with E-state index in [9.17, 15) is 15.1 Å². The molecule has 7 aliphatic rings. The minimum absolute atomic E-state index is 0.0149. The van der Waals surface area contributed by atoms with E-state index in [0.29, 0.717) is 36.8 Å². The molecule has 0 aromatic heterocycles. The largest absolute Gasteiger partial charge is 0.462 e. The first-order chi connectivity index (χ1) is 30.0. The quantitative estimate of drug-likeness (QED) is 0.118. The number of fused-ring (bicyclic) bond motifs is 2. The van der Waals surface area contributed by atoms with Crippen molar-refractivity contribution < 1.29 is 62.5 Å². The van der Waals surface area contributed by atoms with Crippen LogP contribution in [0.15, 0.2) is 64.4 Å². The van der Waals surface area contributed by atoms with Crippen LogP contribution in [0.4, 0.5) is 0 Å². The van der Waals surface area contributed by atoms with Gasteiger partial charge in [-0.3, -0.25) is 4.79 Å². The summed E-state index contributed by atoms with van der Waals surface area (Å²) in [5, 5.41) is 29.4. The highest BCUT2D eigenvalue weighted by molar-refractivity contribution is 6.06. The van der Waals surface area contributed by atoms with E-state index in [0.717, 1.165) is 5.57 Å². The number of esters is 1. The first kappa shape index (κ1) is 48.1. The number of nitrogens with zero attached hydrogens (tertiary/aromatic N) is 1. The lowest BCUT2D eigenvalue weighted by molar-refractivity contribution is -0.312. The van der Waals surface area contributed by atoms with E-state index in [1.54, 1.807) is 33.3 Å². The molecule has 18 atom stereocenters. The van der Waals surface area contributed by atoms with E-state index in [1.165, 1.54) is 0 Å². The van der Waals surface area contributed by atoms with Crippen LogP contribution in [0.3, 0.4) is 0 Å². The summed E-state index contributed by atoms with van der Waals surface area (Å²) in [6.07, 6.45) is 10.6. The van der Waals surface area contributed by atoms with E-state index in [4.69, 9.17) is 47.4 Å². The molecular weight excluding hydrogens is 813 g/mol. The Morgan fingerprint density at radius 2 is 1.63 bits per heavy atom. The van der Waals surface area contributed by atoms with Gasteiger partial charge >= 0.3 is 5.97 Å². The minimum Gasteiger partial charge on any atom is -0.462 e. The molecule has 4 saturated heterocycles. The molecule has 6 heterocycles. The Kier molecular flexibility index (Phi) is 15.3. The van der Waals surface area contributed by atoms with Gasteiger partial charge in [-0.15, -0.1) is 0 Å². The van der Waals surface area contributed by atoms with Gasteiger partial charge in [-0.1, -0.05) is 69.3 Å². The smallest absolute Gasteiger partial charge is 0.316 e. The van der Waals surface area contributed by atoms with Crippen molar-refractivity contribution in [1.29, 1.82) is 0 Å². The van der Waals surface area contributed by atoms with E-state index in [2.05, 4.69) is 50.3 Å². The monoisotopic (exact) mass is 885 g/mol. The molecule has 63 heavy (non-hydrogen) atoms. The van der Waals surface area contributed by atoms with Crippen molar-refractivity contribution in [3.8, 4) is 0 Å². The van der Waals surface area contributed by atoms with Crippen molar-refractivity contribution in [2.45, 2.75) is 179 Å². The molecule has 6 aliphatic heterocycles. The van der Waals surface area contributed by atoms with Crippen LogP contribution in [0.2, 0.25) is 0 Å². The van der Waals surface area contributed by atoms with Gasteiger partial charge in [0.1, 0.15) is 35.5 Å². The third-order valence-electron chi connectivity index (χ3n) is 14.3. The molecule has 4 fully saturated rings. The maximum absolute atomic E-state index is 14.4. The second kappa shape index (κ2) is 20.0. The fourth-order valence-electron chi connectivity index (χ4n) is 10.9. The highest BCUT2D eigenvalue weighted by Crippen LogP contribution is 2.46. The Morgan fingerprint density at radius 3 is 2.33 bits per heavy atom. The van der Waals surface area contributed by atoms with Gasteiger partial charge in [0.25, 0.3) is 0 Å². The molecule has 15 heteroatoms. The maximum atomic E-state index is 14.4. The number of nitrogens with one attached hydrogen (secondary N) is 1. The molecule has 18 unspecified atom stereocenters. The van der Waals surface area contributed by atoms with Crippen molar-refractivity contribution >= 4 is 11.7 Å². The molecule has 15 nitrogen and oxygen atoms in total. The van der Waals surface area contributed by atoms with Crippen molar-refractivity contribution in [3.05, 3.63) is 59.3 Å². The van der Waals surface area contributed by atoms with E-state index >= 15 is 0 Å². The third kappa shape index (κ3) is 9.85. The van der Waals surface area contributed by atoms with Crippen LogP contribution in [-0.2, 0) is 52.2 Å². The molecule has 0 aromatic rings. The molecule has 0 aromatic carbocycles. The first-order valence-electron chi connectivity index (χ1n) is 22.9. The molecule has 0 saturated carbocycles. The lowest BCUT2D eigenvalue weighted by Gasteiger charge is -2.48. The summed E-state index contributed by atoms with van der Waals surface area (Å²) in [4.78, 5) is 14.4. The van der Waals surface area contributed by atoms with Gasteiger partial charge in [-0.25, -0.2) is 0 Å². The summed E-state index contributed by atoms with van der Waals surface area (Å²) in [5.41, 5.74) is 0.249. The number of rotatable bonds is 8. The zero-order valence-electron chi connectivity index (χ0n) is 38.9. The van der Waals surface area contributed by atoms with Gasteiger partial charge in [0.05, 0.1) is 55.4 Å². The van der Waals surface area contributed by atoms with Crippen LogP contribution >= 0.6 is 0 Å². The molecule has 3 N–H and O–H groups in total. The Balaban J connectivity index is 1.18. The third-order valence-corrected chi connectivity index (χ3v) is 14.3. The number of allylic oxidation sites excluding steroid dienone is 2. The van der Waals surface area contributed by atoms with Crippen molar-refractivity contribution in [1.82, 2.24) is 5.32 Å². The van der Waals surface area contributed by atoms with Crippen molar-refractivity contribution in [3.63, 3.8) is 0 Å². The van der Waals surface area contributed by atoms with E-state index in [-0.39, 0.29) is 73.1 Å². The number of methoxy groups -OCH3 is 2. The van der Waals surface area contributed by atoms with Crippen LogP contribution in [0.1, 0.15) is 87.5 Å². The lowest BCUT2D eigenvalue weighted by atomic mass is 9.71. The van der Waals surface area contributed by atoms with Crippen molar-refractivity contribution in [2.24, 2.45) is 28.8 Å². The SMILES string of the molecule is CNC1C(C)OC(OC2C(C)OC(OC3/C(C)=C/CC4CC(CC5(C=CC(C)C(C(C)C)O5)O4)OC(=O)C4C=C(C)/C(=N\O)C5OC/C(=C\C=C\C3C)C45O)CC2OC)CC1OC. The van der Waals surface area contributed by atoms with Gasteiger partial charge in [-0.05, 0) is 69.9 Å². The second-order valence-corrected chi connectivity index (χ2v) is 19.1. The molecule has 7 rings (SSSR count). The minimum atomic E-state index is -1.87. The number of ether oxygens (including phenoxy) is 10. The summed E-state index contributed by atoms with van der Waals surface area (Å²) in [7, 11) is 5.29. The summed E-state index contributed by atoms with van der Waals surface area (Å²) in [6, 6.07) is 0.0405. The number of oxime groups is 1. The van der Waals surface area contributed by atoms with Gasteiger partial charge in [-0.2, -0.15) is 0 Å². The van der Waals surface area contributed by atoms with Gasteiger partial charge in [0.2, 0.25) is 0 Å². The van der Waals surface area contributed by atoms with Gasteiger partial charge < -0.3 is 63.0 Å². The van der Waals surface area contributed by atoms with Crippen molar-refractivity contribution in [2.75, 3.05) is 27.9 Å². The fourth-order valence-corrected chi connectivity index (χ4v) is 10.9. The number of likely N-dealkylation sites (N-methyl/N-ethyl adjacent to an activating group) is 1. The Hall–Kier alpha value is -2.80.